The SMILES string of the molecule is COCCOCC1CCN(C(=O)Nc2ccccc2F)CC1. The average Bonchev–Trinajstić information content (AvgIpc) is 2.54. The number of hydrogen-bond acceptors (Lipinski definition) is 3. The minimum Gasteiger partial charge on any atom is -0.382 e. The fourth-order valence-corrected chi connectivity index (χ4v) is 2.45. The first-order valence-corrected chi connectivity index (χ1v) is 7.58. The van der Waals surface area contributed by atoms with E-state index in [9.17, 15) is 9.18 Å². The van der Waals surface area contributed by atoms with Gasteiger partial charge in [0.2, 0.25) is 0 Å². The lowest BCUT2D eigenvalue weighted by Gasteiger charge is -2.31. The molecular weight excluding hydrogens is 287 g/mol. The third kappa shape index (κ3) is 4.96. The van der Waals surface area contributed by atoms with Crippen LogP contribution in [0.25, 0.3) is 0 Å². The number of likely N-dealkylation sites (tertiary alicyclic amines) is 1. The van der Waals surface area contributed by atoms with Gasteiger partial charge in [-0.15, -0.1) is 0 Å². The number of nitrogens with one attached hydrogen (secondary N) is 1. The van der Waals surface area contributed by atoms with E-state index in [1.807, 2.05) is 0 Å². The van der Waals surface area contributed by atoms with Crippen LogP contribution in [0.2, 0.25) is 0 Å². The van der Waals surface area contributed by atoms with Crippen LogP contribution in [0.3, 0.4) is 0 Å². The molecule has 0 atom stereocenters. The number of halogens is 1. The Kier molecular flexibility index (Phi) is 6.61. The molecule has 1 heterocycles. The van der Waals surface area contributed by atoms with Crippen molar-refractivity contribution < 1.29 is 18.7 Å². The molecule has 1 N–H and O–H groups in total. The Morgan fingerprint density at radius 1 is 1.32 bits per heavy atom. The molecule has 2 amide bonds. The van der Waals surface area contributed by atoms with Crippen molar-refractivity contribution in [2.75, 3.05) is 45.3 Å². The van der Waals surface area contributed by atoms with Gasteiger partial charge in [-0.2, -0.15) is 0 Å². The van der Waals surface area contributed by atoms with E-state index in [1.54, 1.807) is 30.2 Å². The summed E-state index contributed by atoms with van der Waals surface area (Å²) in [5.74, 6) is 0.0478. The van der Waals surface area contributed by atoms with Crippen molar-refractivity contribution in [2.45, 2.75) is 12.8 Å². The van der Waals surface area contributed by atoms with Crippen molar-refractivity contribution in [3.8, 4) is 0 Å². The number of amides is 2. The van der Waals surface area contributed by atoms with Crippen molar-refractivity contribution in [3.05, 3.63) is 30.1 Å². The predicted octanol–water partition coefficient (Wildman–Crippen LogP) is 2.73. The second kappa shape index (κ2) is 8.70. The molecule has 1 aromatic carbocycles. The van der Waals surface area contributed by atoms with Crippen molar-refractivity contribution in [2.24, 2.45) is 5.92 Å². The largest absolute Gasteiger partial charge is 0.382 e. The summed E-state index contributed by atoms with van der Waals surface area (Å²) >= 11 is 0. The van der Waals surface area contributed by atoms with Crippen molar-refractivity contribution in [1.29, 1.82) is 0 Å². The number of urea groups is 1. The fraction of sp³-hybridized carbons (Fsp3) is 0.562. The molecule has 6 heteroatoms. The van der Waals surface area contributed by atoms with Crippen LogP contribution in [0.5, 0.6) is 0 Å². The highest BCUT2D eigenvalue weighted by Crippen LogP contribution is 2.19. The maximum atomic E-state index is 13.5. The van der Waals surface area contributed by atoms with Crippen LogP contribution in [0.4, 0.5) is 14.9 Å². The molecule has 0 unspecified atom stereocenters. The van der Waals surface area contributed by atoms with E-state index < -0.39 is 5.82 Å². The number of rotatable bonds is 6. The molecular formula is C16H23FN2O3. The molecule has 5 nitrogen and oxygen atoms in total. The van der Waals surface area contributed by atoms with E-state index in [0.717, 1.165) is 12.8 Å². The van der Waals surface area contributed by atoms with Crippen LogP contribution in [0, 0.1) is 11.7 Å². The second-order valence-corrected chi connectivity index (χ2v) is 5.41. The first kappa shape index (κ1) is 16.7. The number of nitrogens with zero attached hydrogens (tertiary/aromatic N) is 1. The highest BCUT2D eigenvalue weighted by molar-refractivity contribution is 5.89. The smallest absolute Gasteiger partial charge is 0.321 e. The van der Waals surface area contributed by atoms with Gasteiger partial charge in [0.25, 0.3) is 0 Å². The van der Waals surface area contributed by atoms with Crippen LogP contribution < -0.4 is 5.32 Å². The number of para-hydroxylation sites is 1. The average molecular weight is 310 g/mol. The first-order chi connectivity index (χ1) is 10.7. The summed E-state index contributed by atoms with van der Waals surface area (Å²) in [7, 11) is 1.65. The number of hydrogen-bond donors (Lipinski definition) is 1. The number of ether oxygens (including phenoxy) is 2. The molecule has 1 saturated heterocycles. The van der Waals surface area contributed by atoms with Gasteiger partial charge in [0, 0.05) is 26.8 Å². The maximum Gasteiger partial charge on any atom is 0.321 e. The van der Waals surface area contributed by atoms with E-state index in [-0.39, 0.29) is 11.7 Å². The van der Waals surface area contributed by atoms with E-state index in [1.165, 1.54) is 6.07 Å². The lowest BCUT2D eigenvalue weighted by Crippen LogP contribution is -2.42. The molecule has 0 saturated carbocycles. The Bertz CT molecular complexity index is 476. The number of anilines is 1. The molecule has 0 aromatic heterocycles. The lowest BCUT2D eigenvalue weighted by molar-refractivity contribution is 0.0386. The minimum absolute atomic E-state index is 0.220. The third-order valence-corrected chi connectivity index (χ3v) is 3.80. The zero-order valence-corrected chi connectivity index (χ0v) is 12.9. The van der Waals surface area contributed by atoms with Crippen molar-refractivity contribution in [3.63, 3.8) is 0 Å². The first-order valence-electron chi connectivity index (χ1n) is 7.58. The summed E-state index contributed by atoms with van der Waals surface area (Å²) < 4.78 is 24.0. The van der Waals surface area contributed by atoms with E-state index in [2.05, 4.69) is 5.32 Å². The third-order valence-electron chi connectivity index (χ3n) is 3.80. The van der Waals surface area contributed by atoms with E-state index in [0.29, 0.717) is 38.8 Å². The Labute approximate surface area is 130 Å². The number of piperidine rings is 1. The number of carbonyl (C=O) groups excluding carboxylic acids is 1. The van der Waals surface area contributed by atoms with Crippen molar-refractivity contribution >= 4 is 11.7 Å². The molecule has 0 spiro atoms. The topological polar surface area (TPSA) is 50.8 Å². The predicted molar refractivity (Wildman–Crippen MR) is 82.4 cm³/mol. The van der Waals surface area contributed by atoms with Crippen molar-refractivity contribution in [1.82, 2.24) is 4.90 Å². The molecule has 1 aliphatic heterocycles. The Morgan fingerprint density at radius 2 is 2.05 bits per heavy atom. The van der Waals surface area contributed by atoms with Crippen LogP contribution >= 0.6 is 0 Å². The van der Waals surface area contributed by atoms with Gasteiger partial charge in [-0.25, -0.2) is 9.18 Å². The maximum absolute atomic E-state index is 13.5. The van der Waals surface area contributed by atoms with Gasteiger partial charge in [-0.05, 0) is 30.9 Å². The second-order valence-electron chi connectivity index (χ2n) is 5.41. The van der Waals surface area contributed by atoms with Gasteiger partial charge < -0.3 is 19.7 Å². The summed E-state index contributed by atoms with van der Waals surface area (Å²) in [6, 6.07) is 5.94. The van der Waals surface area contributed by atoms with E-state index >= 15 is 0 Å². The number of methoxy groups -OCH3 is 1. The van der Waals surface area contributed by atoms with Gasteiger partial charge in [-0.3, -0.25) is 0 Å². The summed E-state index contributed by atoms with van der Waals surface area (Å²) in [6.45, 7) is 3.23. The standard InChI is InChI=1S/C16H23FN2O3/c1-21-10-11-22-12-13-6-8-19(9-7-13)16(20)18-15-5-3-2-4-14(15)17/h2-5,13H,6-12H2,1H3,(H,18,20). The highest BCUT2D eigenvalue weighted by Gasteiger charge is 2.23. The molecule has 1 aliphatic rings. The molecule has 0 radical (unpaired) electrons. The molecule has 1 aromatic rings. The van der Waals surface area contributed by atoms with Gasteiger partial charge in [0.15, 0.2) is 0 Å². The fourth-order valence-electron chi connectivity index (χ4n) is 2.45. The minimum atomic E-state index is -0.419. The van der Waals surface area contributed by atoms with Crippen LogP contribution in [-0.2, 0) is 9.47 Å². The molecule has 22 heavy (non-hydrogen) atoms. The van der Waals surface area contributed by atoms with Gasteiger partial charge in [0.05, 0.1) is 18.9 Å². The highest BCUT2D eigenvalue weighted by atomic mass is 19.1. The summed E-state index contributed by atoms with van der Waals surface area (Å²) in [5.41, 5.74) is 0.220. The Hall–Kier alpha value is -1.66. The summed E-state index contributed by atoms with van der Waals surface area (Å²) in [4.78, 5) is 13.8. The van der Waals surface area contributed by atoms with Crippen LogP contribution in [0.1, 0.15) is 12.8 Å². The zero-order chi connectivity index (χ0) is 15.8. The van der Waals surface area contributed by atoms with Crippen LogP contribution in [0.15, 0.2) is 24.3 Å². The lowest BCUT2D eigenvalue weighted by atomic mass is 9.98. The quantitative estimate of drug-likeness (QED) is 0.822. The molecule has 1 fully saturated rings. The number of benzene rings is 1. The molecule has 2 rings (SSSR count). The molecule has 0 aliphatic carbocycles. The normalized spacial score (nSPS) is 15.8. The Morgan fingerprint density at radius 3 is 2.73 bits per heavy atom. The number of carbonyl (C=O) groups is 1. The van der Waals surface area contributed by atoms with Crippen LogP contribution in [-0.4, -0.2) is 51.0 Å². The van der Waals surface area contributed by atoms with E-state index in [4.69, 9.17) is 9.47 Å². The molecule has 122 valence electrons. The van der Waals surface area contributed by atoms with Gasteiger partial charge >= 0.3 is 6.03 Å². The summed E-state index contributed by atoms with van der Waals surface area (Å²) in [6.07, 6.45) is 1.80. The monoisotopic (exact) mass is 310 g/mol. The molecule has 0 bridgehead atoms. The zero-order valence-electron chi connectivity index (χ0n) is 12.9. The Balaban J connectivity index is 1.72. The van der Waals surface area contributed by atoms with Gasteiger partial charge in [-0.1, -0.05) is 12.1 Å². The van der Waals surface area contributed by atoms with Gasteiger partial charge in [0.1, 0.15) is 5.82 Å². The summed E-state index contributed by atoms with van der Waals surface area (Å²) in [5, 5.41) is 2.62.